The molecule has 19 heavy (non-hydrogen) atoms. The van der Waals surface area contributed by atoms with Gasteiger partial charge in [-0.15, -0.1) is 0 Å². The molecular formula is C15H14O4. The normalized spacial score (nSPS) is 10.0. The third-order valence-corrected chi connectivity index (χ3v) is 2.80. The molecule has 2 aromatic rings. The first kappa shape index (κ1) is 13.0. The number of ether oxygens (including phenoxy) is 2. The van der Waals surface area contributed by atoms with Gasteiger partial charge in [0.2, 0.25) is 5.78 Å². The summed E-state index contributed by atoms with van der Waals surface area (Å²) in [5, 5.41) is 9.74. The molecule has 0 aliphatic heterocycles. The van der Waals surface area contributed by atoms with Gasteiger partial charge in [-0.05, 0) is 24.3 Å². The van der Waals surface area contributed by atoms with Gasteiger partial charge in [0.25, 0.3) is 0 Å². The third kappa shape index (κ3) is 2.38. The predicted molar refractivity (Wildman–Crippen MR) is 71.1 cm³/mol. The number of aromatic hydroxyl groups is 1. The topological polar surface area (TPSA) is 55.8 Å². The molecule has 0 saturated carbocycles. The zero-order chi connectivity index (χ0) is 13.8. The Balaban J connectivity index is 2.54. The van der Waals surface area contributed by atoms with Crippen LogP contribution in [0.1, 0.15) is 15.9 Å². The highest BCUT2D eigenvalue weighted by molar-refractivity contribution is 6.12. The van der Waals surface area contributed by atoms with Crippen LogP contribution < -0.4 is 9.47 Å². The van der Waals surface area contributed by atoms with Crippen molar-refractivity contribution in [3.05, 3.63) is 53.6 Å². The van der Waals surface area contributed by atoms with Gasteiger partial charge in [0.1, 0.15) is 5.75 Å². The number of phenolic OH excluding ortho intramolecular Hbond substituents is 1. The first-order valence-corrected chi connectivity index (χ1v) is 5.72. The number of para-hydroxylation sites is 2. The molecule has 0 spiro atoms. The molecule has 0 saturated heterocycles. The van der Waals surface area contributed by atoms with Gasteiger partial charge in [-0.25, -0.2) is 0 Å². The van der Waals surface area contributed by atoms with Crippen molar-refractivity contribution in [2.45, 2.75) is 0 Å². The molecule has 0 unspecified atom stereocenters. The molecule has 0 aliphatic rings. The lowest BCUT2D eigenvalue weighted by molar-refractivity contribution is 0.103. The van der Waals surface area contributed by atoms with Gasteiger partial charge < -0.3 is 14.6 Å². The maximum Gasteiger partial charge on any atom is 0.200 e. The lowest BCUT2D eigenvalue weighted by Crippen LogP contribution is -2.05. The average molecular weight is 258 g/mol. The van der Waals surface area contributed by atoms with Gasteiger partial charge in [0.15, 0.2) is 11.5 Å². The summed E-state index contributed by atoms with van der Waals surface area (Å²) >= 11 is 0. The Morgan fingerprint density at radius 2 is 1.63 bits per heavy atom. The Labute approximate surface area is 111 Å². The Hall–Kier alpha value is -2.49. The van der Waals surface area contributed by atoms with E-state index in [0.717, 1.165) is 0 Å². The number of carbonyl (C=O) groups is 1. The van der Waals surface area contributed by atoms with Crippen LogP contribution in [0.25, 0.3) is 0 Å². The van der Waals surface area contributed by atoms with Gasteiger partial charge in [-0.2, -0.15) is 0 Å². The van der Waals surface area contributed by atoms with E-state index in [-0.39, 0.29) is 17.1 Å². The largest absolute Gasteiger partial charge is 0.507 e. The van der Waals surface area contributed by atoms with E-state index in [1.807, 2.05) is 0 Å². The SMILES string of the molecule is COc1cccc(C(=O)c2ccccc2O)c1OC. The van der Waals surface area contributed by atoms with E-state index >= 15 is 0 Å². The van der Waals surface area contributed by atoms with Crippen molar-refractivity contribution in [3.63, 3.8) is 0 Å². The van der Waals surface area contributed by atoms with Crippen molar-refractivity contribution in [2.24, 2.45) is 0 Å². The number of phenols is 1. The van der Waals surface area contributed by atoms with Crippen LogP contribution in [-0.2, 0) is 0 Å². The molecule has 0 bridgehead atoms. The average Bonchev–Trinajstić information content (AvgIpc) is 2.46. The maximum absolute atomic E-state index is 12.4. The molecule has 2 rings (SSSR count). The number of methoxy groups -OCH3 is 2. The predicted octanol–water partition coefficient (Wildman–Crippen LogP) is 2.64. The first-order valence-electron chi connectivity index (χ1n) is 5.72. The zero-order valence-electron chi connectivity index (χ0n) is 10.7. The number of benzene rings is 2. The van der Waals surface area contributed by atoms with E-state index < -0.39 is 0 Å². The van der Waals surface area contributed by atoms with E-state index in [9.17, 15) is 9.90 Å². The second-order valence-electron chi connectivity index (χ2n) is 3.89. The highest BCUT2D eigenvalue weighted by Crippen LogP contribution is 2.33. The molecule has 4 heteroatoms. The molecule has 0 radical (unpaired) electrons. The second-order valence-corrected chi connectivity index (χ2v) is 3.89. The lowest BCUT2D eigenvalue weighted by atomic mass is 10.0. The Bertz CT molecular complexity index is 605. The van der Waals surface area contributed by atoms with E-state index in [0.29, 0.717) is 17.1 Å². The summed E-state index contributed by atoms with van der Waals surface area (Å²) in [5.74, 6) is 0.466. The minimum absolute atomic E-state index is 0.0580. The van der Waals surface area contributed by atoms with Gasteiger partial charge in [-0.1, -0.05) is 18.2 Å². The van der Waals surface area contributed by atoms with E-state index in [1.165, 1.54) is 20.3 Å². The van der Waals surface area contributed by atoms with Crippen LogP contribution in [0.4, 0.5) is 0 Å². The summed E-state index contributed by atoms with van der Waals surface area (Å²) in [6, 6.07) is 11.4. The summed E-state index contributed by atoms with van der Waals surface area (Å²) in [5.41, 5.74) is 0.581. The highest BCUT2D eigenvalue weighted by Gasteiger charge is 2.19. The maximum atomic E-state index is 12.4. The summed E-state index contributed by atoms with van der Waals surface area (Å²) in [6.45, 7) is 0. The van der Waals surface area contributed by atoms with Crippen molar-refractivity contribution in [2.75, 3.05) is 14.2 Å². The fourth-order valence-electron chi connectivity index (χ4n) is 1.88. The highest BCUT2D eigenvalue weighted by atomic mass is 16.5. The van der Waals surface area contributed by atoms with Crippen LogP contribution in [0.2, 0.25) is 0 Å². The van der Waals surface area contributed by atoms with E-state index in [2.05, 4.69) is 0 Å². The van der Waals surface area contributed by atoms with Crippen LogP contribution in [0.15, 0.2) is 42.5 Å². The molecule has 0 aliphatic carbocycles. The minimum Gasteiger partial charge on any atom is -0.507 e. The monoisotopic (exact) mass is 258 g/mol. The molecular weight excluding hydrogens is 244 g/mol. The van der Waals surface area contributed by atoms with Crippen molar-refractivity contribution in [1.82, 2.24) is 0 Å². The fraction of sp³-hybridized carbons (Fsp3) is 0.133. The van der Waals surface area contributed by atoms with Gasteiger partial charge in [-0.3, -0.25) is 4.79 Å². The van der Waals surface area contributed by atoms with Crippen LogP contribution in [0.5, 0.6) is 17.2 Å². The minimum atomic E-state index is -0.311. The van der Waals surface area contributed by atoms with Crippen molar-refractivity contribution < 1.29 is 19.4 Å². The summed E-state index contributed by atoms with van der Waals surface area (Å²) in [7, 11) is 2.98. The molecule has 4 nitrogen and oxygen atoms in total. The standard InChI is InChI=1S/C15H14O4/c1-18-13-9-5-7-11(15(13)19-2)14(17)10-6-3-4-8-12(10)16/h3-9,16H,1-2H3. The molecule has 1 N–H and O–H groups in total. The molecule has 0 fully saturated rings. The molecule has 2 aromatic carbocycles. The Morgan fingerprint density at radius 3 is 2.26 bits per heavy atom. The number of carbonyl (C=O) groups excluding carboxylic acids is 1. The molecule has 0 amide bonds. The number of ketones is 1. The Morgan fingerprint density at radius 1 is 0.947 bits per heavy atom. The zero-order valence-corrected chi connectivity index (χ0v) is 10.7. The number of hydrogen-bond acceptors (Lipinski definition) is 4. The third-order valence-electron chi connectivity index (χ3n) is 2.80. The van der Waals surface area contributed by atoms with Crippen molar-refractivity contribution in [3.8, 4) is 17.2 Å². The van der Waals surface area contributed by atoms with Crippen LogP contribution in [-0.4, -0.2) is 25.1 Å². The molecule has 0 aromatic heterocycles. The fourth-order valence-corrected chi connectivity index (χ4v) is 1.88. The molecule has 98 valence electrons. The van der Waals surface area contributed by atoms with Gasteiger partial charge in [0.05, 0.1) is 25.3 Å². The molecule has 0 heterocycles. The summed E-state index contributed by atoms with van der Waals surface area (Å²) in [6.07, 6.45) is 0. The smallest absolute Gasteiger partial charge is 0.200 e. The summed E-state index contributed by atoms with van der Waals surface area (Å²) in [4.78, 5) is 12.4. The Kier molecular flexibility index (Phi) is 3.71. The number of hydrogen-bond donors (Lipinski definition) is 1. The van der Waals surface area contributed by atoms with Gasteiger partial charge >= 0.3 is 0 Å². The lowest BCUT2D eigenvalue weighted by Gasteiger charge is -2.12. The van der Waals surface area contributed by atoms with Crippen LogP contribution in [0.3, 0.4) is 0 Å². The van der Waals surface area contributed by atoms with Crippen molar-refractivity contribution in [1.29, 1.82) is 0 Å². The van der Waals surface area contributed by atoms with Crippen LogP contribution in [0, 0.1) is 0 Å². The molecule has 0 atom stereocenters. The van der Waals surface area contributed by atoms with Crippen LogP contribution >= 0.6 is 0 Å². The van der Waals surface area contributed by atoms with E-state index in [1.54, 1.807) is 36.4 Å². The number of rotatable bonds is 4. The quantitative estimate of drug-likeness (QED) is 0.856. The first-order chi connectivity index (χ1) is 9.19. The van der Waals surface area contributed by atoms with Gasteiger partial charge in [0, 0.05) is 0 Å². The second kappa shape index (κ2) is 5.44. The summed E-state index contributed by atoms with van der Waals surface area (Å²) < 4.78 is 10.4. The van der Waals surface area contributed by atoms with Crippen molar-refractivity contribution >= 4 is 5.78 Å². The van der Waals surface area contributed by atoms with E-state index in [4.69, 9.17) is 9.47 Å².